The van der Waals surface area contributed by atoms with Crippen LogP contribution in [0, 0.1) is 34.5 Å². The number of carbonyl (C=O) groups excluding carboxylic acids is 3. The molecule has 2 saturated heterocycles. The van der Waals surface area contributed by atoms with Crippen molar-refractivity contribution in [3.05, 3.63) is 47.5 Å². The lowest BCUT2D eigenvalue weighted by Crippen LogP contribution is -2.47. The lowest BCUT2D eigenvalue weighted by Gasteiger charge is -2.30. The molecule has 4 saturated carbocycles. The van der Waals surface area contributed by atoms with Crippen molar-refractivity contribution in [3.63, 3.8) is 0 Å². The molecule has 2 aromatic carbocycles. The minimum Gasteiger partial charge on any atom is -0.444 e. The number of aryl methyl sites for hydroxylation is 2. The minimum absolute atomic E-state index is 0.0383. The largest absolute Gasteiger partial charge is 0.444 e. The highest BCUT2D eigenvalue weighted by Gasteiger charge is 2.47. The van der Waals surface area contributed by atoms with Gasteiger partial charge in [0.15, 0.2) is 0 Å². The summed E-state index contributed by atoms with van der Waals surface area (Å²) in [4.78, 5) is 40.6. The van der Waals surface area contributed by atoms with Crippen molar-refractivity contribution in [1.82, 2.24) is 50.8 Å². The Morgan fingerprint density at radius 3 is 1.71 bits per heavy atom. The number of aromatic nitrogens is 6. The van der Waals surface area contributed by atoms with E-state index in [-0.39, 0.29) is 23.9 Å². The molecule has 2 spiro atoms. The molecule has 14 nitrogen and oxygen atoms in total. The van der Waals surface area contributed by atoms with E-state index in [1.807, 2.05) is 71.3 Å². The number of ether oxygens (including phenoxy) is 1. The minimum atomic E-state index is -0.593. The molecule has 3 N–H and O–H groups in total. The van der Waals surface area contributed by atoms with Gasteiger partial charge in [-0.25, -0.2) is 14.2 Å². The molecule has 4 heterocycles. The summed E-state index contributed by atoms with van der Waals surface area (Å²) in [7, 11) is 3.74. The van der Waals surface area contributed by atoms with Crippen molar-refractivity contribution in [2.24, 2.45) is 48.6 Å². The SMILES string of the molecule is Cn1nnc2cc(CNC(=O)[C@@H]3C[C@@H](CC4CCC5(CC4)CC5)CN3)ccc21.Cn1nnc2cc(CNC(=O)[C@@H]3C[C@@H](CC4CCC5(CC4)CC5)CN3C(=O)OC(C)(C)C)ccc21. The number of carbonyl (C=O) groups is 3. The van der Waals surface area contributed by atoms with Gasteiger partial charge in [0, 0.05) is 33.7 Å². The molecular weight excluding hydrogens is 793 g/mol. The van der Waals surface area contributed by atoms with Gasteiger partial charge in [-0.15, -0.1) is 10.2 Å². The number of fused-ring (bicyclic) bond motifs is 2. The normalized spacial score (nSPS) is 26.2. The second-order valence-electron chi connectivity index (χ2n) is 21.7. The number of nitrogens with zero attached hydrogens (tertiary/aromatic N) is 7. The molecule has 2 aliphatic heterocycles. The monoisotopic (exact) mass is 863 g/mol. The zero-order chi connectivity index (χ0) is 43.9. The second-order valence-corrected chi connectivity index (χ2v) is 21.7. The molecule has 10 rings (SSSR count). The summed E-state index contributed by atoms with van der Waals surface area (Å²) in [6.45, 7) is 8.12. The fourth-order valence-electron chi connectivity index (χ4n) is 11.4. The molecule has 63 heavy (non-hydrogen) atoms. The molecule has 3 amide bonds. The predicted molar refractivity (Wildman–Crippen MR) is 242 cm³/mol. The van der Waals surface area contributed by atoms with Gasteiger partial charge >= 0.3 is 6.09 Å². The topological polar surface area (TPSA) is 161 Å². The van der Waals surface area contributed by atoms with E-state index in [0.717, 1.165) is 63.9 Å². The van der Waals surface area contributed by atoms with Gasteiger partial charge in [0.05, 0.1) is 17.1 Å². The van der Waals surface area contributed by atoms with Crippen LogP contribution in [0.3, 0.4) is 0 Å². The van der Waals surface area contributed by atoms with E-state index in [9.17, 15) is 14.4 Å². The van der Waals surface area contributed by atoms with Crippen molar-refractivity contribution in [3.8, 4) is 0 Å². The Bertz CT molecular complexity index is 2270. The van der Waals surface area contributed by atoms with E-state index in [1.54, 1.807) is 14.3 Å². The third-order valence-corrected chi connectivity index (χ3v) is 15.7. The summed E-state index contributed by atoms with van der Waals surface area (Å²) in [6, 6.07) is 11.4. The number of hydrogen-bond donors (Lipinski definition) is 3. The molecular formula is C49H70N10O4. The van der Waals surface area contributed by atoms with Gasteiger partial charge in [0.1, 0.15) is 22.7 Å². The maximum Gasteiger partial charge on any atom is 0.410 e. The van der Waals surface area contributed by atoms with E-state index in [0.29, 0.717) is 49.2 Å². The highest BCUT2D eigenvalue weighted by atomic mass is 16.6. The summed E-state index contributed by atoms with van der Waals surface area (Å²) >= 11 is 0. The second kappa shape index (κ2) is 17.8. The Morgan fingerprint density at radius 1 is 0.698 bits per heavy atom. The lowest BCUT2D eigenvalue weighted by molar-refractivity contribution is -0.125. The molecule has 14 heteroatoms. The van der Waals surface area contributed by atoms with E-state index < -0.39 is 11.6 Å². The Balaban J connectivity index is 0.000000164. The van der Waals surface area contributed by atoms with Gasteiger partial charge in [-0.1, -0.05) is 22.6 Å². The summed E-state index contributed by atoms with van der Waals surface area (Å²) in [5.74, 6) is 2.61. The Morgan fingerprint density at radius 2 is 1.21 bits per heavy atom. The standard InChI is InChI=1S/C27H39N5O3.C22H31N5O/c1-26(2,3)35-25(34)32-17-20(13-18-7-9-27(10-8-18)11-12-27)15-23(32)24(33)28-16-19-5-6-22-21(14-19)29-30-31(22)4;1-27-20-3-2-16(11-18(20)25-26-27)13-24-21(28)19-12-17(14-23-19)10-15-4-6-22(7-5-15)8-9-22/h5-6,14,18,20,23H,7-13,15-17H2,1-4H3,(H,28,33);2-3,11,15,17,19,23H,4-10,12-14H2,1H3,(H,24,28)/t20-,23+;17-,19+/m11/s1. The Kier molecular flexibility index (Phi) is 12.3. The third-order valence-electron chi connectivity index (χ3n) is 15.7. The maximum absolute atomic E-state index is 13.3. The zero-order valence-corrected chi connectivity index (χ0v) is 38.3. The van der Waals surface area contributed by atoms with E-state index in [4.69, 9.17) is 4.74 Å². The predicted octanol–water partition coefficient (Wildman–Crippen LogP) is 7.49. The van der Waals surface area contributed by atoms with Crippen molar-refractivity contribution in [2.75, 3.05) is 13.1 Å². The molecule has 4 aliphatic carbocycles. The van der Waals surface area contributed by atoms with Crippen molar-refractivity contribution < 1.29 is 19.1 Å². The quantitative estimate of drug-likeness (QED) is 0.147. The van der Waals surface area contributed by atoms with Gasteiger partial charge < -0.3 is 20.7 Å². The molecule has 6 fully saturated rings. The van der Waals surface area contributed by atoms with Gasteiger partial charge in [-0.2, -0.15) is 0 Å². The average Bonchev–Trinajstić information content (AvgIpc) is 3.90. The Hall–Kier alpha value is -4.59. The van der Waals surface area contributed by atoms with E-state index >= 15 is 0 Å². The highest BCUT2D eigenvalue weighted by Crippen LogP contribution is 2.58. The summed E-state index contributed by atoms with van der Waals surface area (Å²) in [5.41, 5.74) is 6.52. The van der Waals surface area contributed by atoms with Crippen molar-refractivity contribution >= 4 is 40.0 Å². The van der Waals surface area contributed by atoms with Crippen LogP contribution in [0.25, 0.3) is 22.1 Å². The summed E-state index contributed by atoms with van der Waals surface area (Å²) in [5, 5.41) is 26.0. The van der Waals surface area contributed by atoms with Crippen LogP contribution < -0.4 is 16.0 Å². The van der Waals surface area contributed by atoms with Gasteiger partial charge in [0.25, 0.3) is 0 Å². The van der Waals surface area contributed by atoms with Gasteiger partial charge in [-0.3, -0.25) is 14.5 Å². The van der Waals surface area contributed by atoms with Crippen molar-refractivity contribution in [2.45, 2.75) is 154 Å². The van der Waals surface area contributed by atoms with Crippen LogP contribution in [0.4, 0.5) is 4.79 Å². The molecule has 2 aromatic heterocycles. The first-order valence-electron chi connectivity index (χ1n) is 24.1. The van der Waals surface area contributed by atoms with Crippen LogP contribution in [0.1, 0.15) is 135 Å². The maximum atomic E-state index is 13.3. The van der Waals surface area contributed by atoms with Crippen LogP contribution in [-0.4, -0.2) is 83.6 Å². The van der Waals surface area contributed by atoms with Crippen LogP contribution in [0.5, 0.6) is 0 Å². The number of nitrogens with one attached hydrogen (secondary N) is 3. The van der Waals surface area contributed by atoms with Gasteiger partial charge in [0.2, 0.25) is 11.8 Å². The molecule has 4 aromatic rings. The fraction of sp³-hybridized carbons (Fsp3) is 0.694. The fourth-order valence-corrected chi connectivity index (χ4v) is 11.4. The molecule has 4 atom stereocenters. The van der Waals surface area contributed by atoms with Crippen LogP contribution >= 0.6 is 0 Å². The smallest absolute Gasteiger partial charge is 0.410 e. The third kappa shape index (κ3) is 10.5. The number of benzene rings is 2. The first-order chi connectivity index (χ1) is 30.2. The Labute approximate surface area is 372 Å². The van der Waals surface area contributed by atoms with Crippen LogP contribution in [-0.2, 0) is 41.5 Å². The zero-order valence-electron chi connectivity index (χ0n) is 38.3. The first-order valence-corrected chi connectivity index (χ1v) is 24.1. The van der Waals surface area contributed by atoms with Crippen molar-refractivity contribution in [1.29, 1.82) is 0 Å². The average molecular weight is 863 g/mol. The molecule has 340 valence electrons. The van der Waals surface area contributed by atoms with Crippen LogP contribution in [0.2, 0.25) is 0 Å². The molecule has 0 radical (unpaired) electrons. The first kappa shape index (κ1) is 43.7. The number of likely N-dealkylation sites (tertiary alicyclic amines) is 1. The van der Waals surface area contributed by atoms with E-state index in [1.165, 1.54) is 83.5 Å². The highest BCUT2D eigenvalue weighted by molar-refractivity contribution is 5.86. The lowest BCUT2D eigenvalue weighted by atomic mass is 9.76. The molecule has 0 unspecified atom stereocenters. The van der Waals surface area contributed by atoms with E-state index in [2.05, 4.69) is 36.6 Å². The number of hydrogen-bond acceptors (Lipinski definition) is 9. The summed E-state index contributed by atoms with van der Waals surface area (Å²) < 4.78 is 9.17. The molecule has 0 bridgehead atoms. The molecule has 6 aliphatic rings. The summed E-state index contributed by atoms with van der Waals surface area (Å²) in [6.07, 6.45) is 20.6. The van der Waals surface area contributed by atoms with Gasteiger partial charge in [-0.05, 0) is 200 Å². The number of amides is 3. The number of rotatable bonds is 10. The van der Waals surface area contributed by atoms with Crippen LogP contribution in [0.15, 0.2) is 36.4 Å².